The van der Waals surface area contributed by atoms with Crippen LogP contribution in [-0.2, 0) is 16.2 Å². The van der Waals surface area contributed by atoms with E-state index in [2.05, 4.69) is 21.4 Å². The lowest BCUT2D eigenvalue weighted by Crippen LogP contribution is -2.35. The normalized spacial score (nSPS) is 14.6. The first kappa shape index (κ1) is 20.7. The SMILES string of the molecule is COc1cc(C=C2C(=O)NN(c3cccc(Br)c3)C2=O)ccc1OCc1ccccc1. The van der Waals surface area contributed by atoms with Crippen LogP contribution in [0, 0.1) is 0 Å². The van der Waals surface area contributed by atoms with Crippen LogP contribution in [-0.4, -0.2) is 18.9 Å². The summed E-state index contributed by atoms with van der Waals surface area (Å²) in [5.74, 6) is 0.200. The van der Waals surface area contributed by atoms with E-state index in [4.69, 9.17) is 9.47 Å². The first-order chi connectivity index (χ1) is 15.0. The van der Waals surface area contributed by atoms with Crippen LogP contribution in [0.3, 0.4) is 0 Å². The number of hydrogen-bond donors (Lipinski definition) is 1. The van der Waals surface area contributed by atoms with Crippen LogP contribution in [0.25, 0.3) is 6.08 Å². The zero-order valence-corrected chi connectivity index (χ0v) is 18.3. The molecule has 0 radical (unpaired) electrons. The minimum absolute atomic E-state index is 0.0417. The molecule has 1 aliphatic rings. The van der Waals surface area contributed by atoms with Gasteiger partial charge in [-0.1, -0.05) is 58.4 Å². The summed E-state index contributed by atoms with van der Waals surface area (Å²) in [6.07, 6.45) is 1.54. The molecule has 31 heavy (non-hydrogen) atoms. The molecule has 156 valence electrons. The molecule has 0 unspecified atom stereocenters. The molecule has 1 heterocycles. The van der Waals surface area contributed by atoms with E-state index in [1.165, 1.54) is 5.01 Å². The van der Waals surface area contributed by atoms with Gasteiger partial charge in [-0.3, -0.25) is 15.0 Å². The van der Waals surface area contributed by atoms with Crippen LogP contribution < -0.4 is 19.9 Å². The minimum Gasteiger partial charge on any atom is -0.493 e. The van der Waals surface area contributed by atoms with Crippen molar-refractivity contribution in [2.24, 2.45) is 0 Å². The van der Waals surface area contributed by atoms with Crippen LogP contribution >= 0.6 is 15.9 Å². The van der Waals surface area contributed by atoms with Gasteiger partial charge in [0.15, 0.2) is 11.5 Å². The molecule has 0 aliphatic carbocycles. The number of hydrogen-bond acceptors (Lipinski definition) is 4. The van der Waals surface area contributed by atoms with Gasteiger partial charge in [-0.25, -0.2) is 5.01 Å². The highest BCUT2D eigenvalue weighted by molar-refractivity contribution is 9.10. The van der Waals surface area contributed by atoms with Gasteiger partial charge in [0.1, 0.15) is 12.2 Å². The average Bonchev–Trinajstić information content (AvgIpc) is 3.07. The second-order valence-corrected chi connectivity index (χ2v) is 7.72. The van der Waals surface area contributed by atoms with Gasteiger partial charge in [-0.2, -0.15) is 0 Å². The fourth-order valence-electron chi connectivity index (χ4n) is 3.15. The Morgan fingerprint density at radius 3 is 2.52 bits per heavy atom. The third kappa shape index (κ3) is 4.62. The Bertz CT molecular complexity index is 1160. The van der Waals surface area contributed by atoms with E-state index in [0.717, 1.165) is 10.0 Å². The van der Waals surface area contributed by atoms with Crippen molar-refractivity contribution in [1.29, 1.82) is 0 Å². The summed E-state index contributed by atoms with van der Waals surface area (Å²) < 4.78 is 12.1. The molecule has 0 bridgehead atoms. The first-order valence-corrected chi connectivity index (χ1v) is 10.3. The first-order valence-electron chi connectivity index (χ1n) is 9.52. The summed E-state index contributed by atoms with van der Waals surface area (Å²) in [4.78, 5) is 25.2. The summed E-state index contributed by atoms with van der Waals surface area (Å²) in [6.45, 7) is 0.403. The Morgan fingerprint density at radius 2 is 1.77 bits per heavy atom. The van der Waals surface area contributed by atoms with E-state index in [0.29, 0.717) is 29.4 Å². The third-order valence-electron chi connectivity index (χ3n) is 4.69. The highest BCUT2D eigenvalue weighted by atomic mass is 79.9. The fraction of sp³-hybridized carbons (Fsp3) is 0.0833. The number of carbonyl (C=O) groups is 2. The van der Waals surface area contributed by atoms with E-state index in [-0.39, 0.29) is 5.57 Å². The standard InChI is InChI=1S/C24H19BrN2O4/c1-30-22-13-17(10-11-21(22)31-15-16-6-3-2-4-7-16)12-20-23(28)26-27(24(20)29)19-9-5-8-18(25)14-19/h2-14H,15H2,1H3,(H,26,28). The van der Waals surface area contributed by atoms with Crippen LogP contribution in [0.2, 0.25) is 0 Å². The van der Waals surface area contributed by atoms with Crippen molar-refractivity contribution in [3.05, 3.63) is 94.0 Å². The molecule has 0 aromatic heterocycles. The van der Waals surface area contributed by atoms with E-state index in [1.54, 1.807) is 49.6 Å². The quantitative estimate of drug-likeness (QED) is 0.418. The number of carbonyl (C=O) groups excluding carboxylic acids is 2. The second-order valence-electron chi connectivity index (χ2n) is 6.80. The number of anilines is 1. The van der Waals surface area contributed by atoms with Gasteiger partial charge in [0, 0.05) is 4.47 Å². The zero-order chi connectivity index (χ0) is 21.8. The number of halogens is 1. The molecule has 1 aliphatic heterocycles. The summed E-state index contributed by atoms with van der Waals surface area (Å²) in [5.41, 5.74) is 4.90. The molecule has 3 aromatic carbocycles. The summed E-state index contributed by atoms with van der Waals surface area (Å²) in [6, 6.07) is 22.2. The molecular formula is C24H19BrN2O4. The summed E-state index contributed by atoms with van der Waals surface area (Å²) in [5, 5.41) is 1.23. The van der Waals surface area contributed by atoms with Gasteiger partial charge in [-0.05, 0) is 47.5 Å². The van der Waals surface area contributed by atoms with Crippen LogP contribution in [0.4, 0.5) is 5.69 Å². The molecule has 7 heteroatoms. The van der Waals surface area contributed by atoms with Gasteiger partial charge in [0.2, 0.25) is 0 Å². The van der Waals surface area contributed by atoms with Gasteiger partial charge in [0.25, 0.3) is 11.8 Å². The smallest absolute Gasteiger partial charge is 0.282 e. The van der Waals surface area contributed by atoms with Gasteiger partial charge in [0.05, 0.1) is 12.8 Å². The lowest BCUT2D eigenvalue weighted by molar-refractivity contribution is -0.117. The largest absolute Gasteiger partial charge is 0.493 e. The monoisotopic (exact) mass is 478 g/mol. The highest BCUT2D eigenvalue weighted by Gasteiger charge is 2.34. The van der Waals surface area contributed by atoms with Crippen molar-refractivity contribution >= 4 is 39.5 Å². The second kappa shape index (κ2) is 9.06. The third-order valence-corrected chi connectivity index (χ3v) is 5.19. The highest BCUT2D eigenvalue weighted by Crippen LogP contribution is 2.31. The van der Waals surface area contributed by atoms with Gasteiger partial charge < -0.3 is 9.47 Å². The molecule has 6 nitrogen and oxygen atoms in total. The maximum Gasteiger partial charge on any atom is 0.282 e. The maximum atomic E-state index is 12.8. The van der Waals surface area contributed by atoms with Gasteiger partial charge in [-0.15, -0.1) is 0 Å². The molecule has 4 rings (SSSR count). The summed E-state index contributed by atoms with van der Waals surface area (Å²) >= 11 is 3.37. The van der Waals surface area contributed by atoms with E-state index >= 15 is 0 Å². The zero-order valence-electron chi connectivity index (χ0n) is 16.7. The Hall–Kier alpha value is -3.58. The van der Waals surface area contributed by atoms with E-state index < -0.39 is 11.8 Å². The number of methoxy groups -OCH3 is 1. The van der Waals surface area contributed by atoms with Crippen molar-refractivity contribution < 1.29 is 19.1 Å². The molecule has 1 saturated heterocycles. The van der Waals surface area contributed by atoms with Crippen LogP contribution in [0.1, 0.15) is 11.1 Å². The maximum absolute atomic E-state index is 12.8. The molecule has 3 aromatic rings. The average molecular weight is 479 g/mol. The number of nitrogens with zero attached hydrogens (tertiary/aromatic N) is 1. The van der Waals surface area contributed by atoms with Crippen LogP contribution in [0.15, 0.2) is 82.8 Å². The number of ether oxygens (including phenoxy) is 2. The lowest BCUT2D eigenvalue weighted by Gasteiger charge is -2.14. The number of hydrazine groups is 1. The fourth-order valence-corrected chi connectivity index (χ4v) is 3.54. The molecule has 1 N–H and O–H groups in total. The molecule has 1 fully saturated rings. The predicted molar refractivity (Wildman–Crippen MR) is 122 cm³/mol. The Balaban J connectivity index is 1.55. The summed E-state index contributed by atoms with van der Waals surface area (Å²) in [7, 11) is 1.55. The van der Waals surface area contributed by atoms with E-state index in [9.17, 15) is 9.59 Å². The topological polar surface area (TPSA) is 67.9 Å². The molecular weight excluding hydrogens is 460 g/mol. The van der Waals surface area contributed by atoms with Crippen molar-refractivity contribution in [2.45, 2.75) is 6.61 Å². The Morgan fingerprint density at radius 1 is 0.968 bits per heavy atom. The van der Waals surface area contributed by atoms with Crippen molar-refractivity contribution in [3.63, 3.8) is 0 Å². The van der Waals surface area contributed by atoms with Gasteiger partial charge >= 0.3 is 0 Å². The molecule has 0 spiro atoms. The number of benzene rings is 3. The van der Waals surface area contributed by atoms with E-state index in [1.807, 2.05) is 36.4 Å². The number of nitrogens with one attached hydrogen (secondary N) is 1. The lowest BCUT2D eigenvalue weighted by atomic mass is 10.1. The Labute approximate surface area is 188 Å². The number of amides is 2. The Kier molecular flexibility index (Phi) is 6.04. The molecule has 0 atom stereocenters. The molecule has 0 saturated carbocycles. The van der Waals surface area contributed by atoms with Crippen molar-refractivity contribution in [3.8, 4) is 11.5 Å². The van der Waals surface area contributed by atoms with Crippen LogP contribution in [0.5, 0.6) is 11.5 Å². The number of rotatable bonds is 6. The minimum atomic E-state index is -0.464. The van der Waals surface area contributed by atoms with Crippen molar-refractivity contribution in [2.75, 3.05) is 12.1 Å². The molecule has 2 amide bonds. The predicted octanol–water partition coefficient (Wildman–Crippen LogP) is 4.50. The van der Waals surface area contributed by atoms with Crippen molar-refractivity contribution in [1.82, 2.24) is 5.43 Å².